The lowest BCUT2D eigenvalue weighted by atomic mass is 10.0. The summed E-state index contributed by atoms with van der Waals surface area (Å²) in [6.07, 6.45) is 0. The van der Waals surface area contributed by atoms with Gasteiger partial charge in [-0.25, -0.2) is 8.42 Å². The Morgan fingerprint density at radius 3 is 1.96 bits per heavy atom. The zero-order chi connectivity index (χ0) is 17.4. The van der Waals surface area contributed by atoms with Crippen LogP contribution in [0.25, 0.3) is 21.5 Å². The minimum Gasteiger partial charge on any atom is -0.280 e. The van der Waals surface area contributed by atoms with Gasteiger partial charge in [0.25, 0.3) is 10.0 Å². The third-order valence-corrected chi connectivity index (χ3v) is 6.01. The molecule has 0 amide bonds. The van der Waals surface area contributed by atoms with E-state index in [2.05, 4.69) is 38.9 Å². The van der Waals surface area contributed by atoms with E-state index in [1.54, 1.807) is 30.3 Å². The molecule has 0 bridgehead atoms. The molecule has 25 heavy (non-hydrogen) atoms. The topological polar surface area (TPSA) is 46.2 Å². The second kappa shape index (κ2) is 6.17. The Morgan fingerprint density at radius 2 is 1.28 bits per heavy atom. The van der Waals surface area contributed by atoms with Gasteiger partial charge in [-0.3, -0.25) is 4.72 Å². The van der Waals surface area contributed by atoms with E-state index in [4.69, 9.17) is 0 Å². The molecule has 0 aliphatic heterocycles. The van der Waals surface area contributed by atoms with E-state index in [9.17, 15) is 8.42 Å². The zero-order valence-corrected chi connectivity index (χ0v) is 15.5. The van der Waals surface area contributed by atoms with Crippen LogP contribution < -0.4 is 4.72 Å². The second-order valence-corrected chi connectivity index (χ2v) is 8.42. The lowest BCUT2D eigenvalue weighted by Gasteiger charge is -2.10. The average molecular weight is 412 g/mol. The number of hydrogen-bond acceptors (Lipinski definition) is 2. The van der Waals surface area contributed by atoms with Crippen molar-refractivity contribution in [1.82, 2.24) is 0 Å². The van der Waals surface area contributed by atoms with Gasteiger partial charge >= 0.3 is 0 Å². The summed E-state index contributed by atoms with van der Waals surface area (Å²) in [5.74, 6) is 0. The molecule has 4 aromatic carbocycles. The molecule has 0 aliphatic carbocycles. The van der Waals surface area contributed by atoms with Crippen molar-refractivity contribution in [2.75, 3.05) is 4.72 Å². The van der Waals surface area contributed by atoms with E-state index in [0.29, 0.717) is 5.69 Å². The molecule has 3 nitrogen and oxygen atoms in total. The standard InChI is InChI=1S/C20H14BrNO2S/c21-18-6-9-20(10-7-18)25(23,24)22-19-8-5-16-11-14-3-1-2-4-15(14)12-17(16)13-19/h1-13,22H. The van der Waals surface area contributed by atoms with Crippen LogP contribution >= 0.6 is 15.9 Å². The number of halogens is 1. The van der Waals surface area contributed by atoms with Gasteiger partial charge in [0, 0.05) is 10.2 Å². The van der Waals surface area contributed by atoms with Gasteiger partial charge in [0.1, 0.15) is 0 Å². The van der Waals surface area contributed by atoms with Crippen LogP contribution in [0.3, 0.4) is 0 Å². The van der Waals surface area contributed by atoms with Crippen molar-refractivity contribution in [3.63, 3.8) is 0 Å². The van der Waals surface area contributed by atoms with Gasteiger partial charge in [-0.2, -0.15) is 0 Å². The molecule has 0 unspecified atom stereocenters. The summed E-state index contributed by atoms with van der Waals surface area (Å²) in [7, 11) is -3.61. The largest absolute Gasteiger partial charge is 0.280 e. The molecule has 0 saturated carbocycles. The highest BCUT2D eigenvalue weighted by Crippen LogP contribution is 2.26. The van der Waals surface area contributed by atoms with Crippen LogP contribution in [0.1, 0.15) is 0 Å². The summed E-state index contributed by atoms with van der Waals surface area (Å²) in [4.78, 5) is 0.231. The van der Waals surface area contributed by atoms with E-state index in [0.717, 1.165) is 26.0 Å². The Bertz CT molecular complexity index is 1190. The molecule has 0 fully saturated rings. The monoisotopic (exact) mass is 411 g/mol. The molecular weight excluding hydrogens is 398 g/mol. The highest BCUT2D eigenvalue weighted by atomic mass is 79.9. The van der Waals surface area contributed by atoms with Crippen LogP contribution in [0.5, 0.6) is 0 Å². The van der Waals surface area contributed by atoms with Crippen LogP contribution in [0, 0.1) is 0 Å². The SMILES string of the molecule is O=S(=O)(Nc1ccc2cc3ccccc3cc2c1)c1ccc(Br)cc1. The zero-order valence-electron chi connectivity index (χ0n) is 13.1. The predicted molar refractivity (Wildman–Crippen MR) is 106 cm³/mol. The normalized spacial score (nSPS) is 11.7. The fraction of sp³-hybridized carbons (Fsp3) is 0. The Kier molecular flexibility index (Phi) is 3.98. The molecule has 5 heteroatoms. The first-order valence-corrected chi connectivity index (χ1v) is 10.00. The summed E-state index contributed by atoms with van der Waals surface area (Å²) in [5, 5.41) is 4.36. The number of rotatable bonds is 3. The quantitative estimate of drug-likeness (QED) is 0.448. The summed E-state index contributed by atoms with van der Waals surface area (Å²) < 4.78 is 28.6. The van der Waals surface area contributed by atoms with Gasteiger partial charge in [-0.15, -0.1) is 0 Å². The van der Waals surface area contributed by atoms with E-state index >= 15 is 0 Å². The predicted octanol–water partition coefficient (Wildman–Crippen LogP) is 5.56. The minimum atomic E-state index is -3.61. The average Bonchev–Trinajstić information content (AvgIpc) is 2.60. The maximum Gasteiger partial charge on any atom is 0.261 e. The Morgan fingerprint density at radius 1 is 0.680 bits per heavy atom. The molecular formula is C20H14BrNO2S. The number of nitrogens with one attached hydrogen (secondary N) is 1. The Labute approximate surface area is 154 Å². The van der Waals surface area contributed by atoms with Gasteiger partial charge in [-0.05, 0) is 70.1 Å². The summed E-state index contributed by atoms with van der Waals surface area (Å²) in [6, 6.07) is 24.4. The van der Waals surface area contributed by atoms with Crippen molar-refractivity contribution in [3.05, 3.63) is 83.3 Å². The van der Waals surface area contributed by atoms with Crippen molar-refractivity contribution >= 4 is 53.2 Å². The highest BCUT2D eigenvalue weighted by molar-refractivity contribution is 9.10. The van der Waals surface area contributed by atoms with Crippen molar-refractivity contribution in [2.24, 2.45) is 0 Å². The van der Waals surface area contributed by atoms with Crippen molar-refractivity contribution in [2.45, 2.75) is 4.90 Å². The smallest absolute Gasteiger partial charge is 0.261 e. The first-order valence-electron chi connectivity index (χ1n) is 7.72. The number of sulfonamides is 1. The van der Waals surface area contributed by atoms with E-state index in [-0.39, 0.29) is 4.90 Å². The van der Waals surface area contributed by atoms with E-state index in [1.165, 1.54) is 0 Å². The van der Waals surface area contributed by atoms with Crippen LogP contribution in [0.15, 0.2) is 88.2 Å². The molecule has 124 valence electrons. The Balaban J connectivity index is 1.74. The first-order chi connectivity index (χ1) is 12.0. The van der Waals surface area contributed by atoms with E-state index < -0.39 is 10.0 Å². The molecule has 0 aromatic heterocycles. The van der Waals surface area contributed by atoms with Gasteiger partial charge in [0.05, 0.1) is 4.90 Å². The molecule has 0 radical (unpaired) electrons. The van der Waals surface area contributed by atoms with Crippen LogP contribution in [-0.2, 0) is 10.0 Å². The number of fused-ring (bicyclic) bond motifs is 2. The molecule has 1 N–H and O–H groups in total. The van der Waals surface area contributed by atoms with Gasteiger partial charge in [0.2, 0.25) is 0 Å². The van der Waals surface area contributed by atoms with Crippen LogP contribution in [-0.4, -0.2) is 8.42 Å². The molecule has 4 rings (SSSR count). The summed E-state index contributed by atoms with van der Waals surface area (Å²) in [5.41, 5.74) is 0.547. The van der Waals surface area contributed by atoms with Gasteiger partial charge < -0.3 is 0 Å². The maximum absolute atomic E-state index is 12.5. The number of benzene rings is 4. The number of hydrogen-bond donors (Lipinski definition) is 1. The molecule has 0 spiro atoms. The molecule has 0 heterocycles. The molecule has 0 atom stereocenters. The lowest BCUT2D eigenvalue weighted by Crippen LogP contribution is -2.12. The van der Waals surface area contributed by atoms with Crippen molar-refractivity contribution < 1.29 is 8.42 Å². The third-order valence-electron chi connectivity index (χ3n) is 4.08. The first kappa shape index (κ1) is 16.1. The molecule has 0 aliphatic rings. The van der Waals surface area contributed by atoms with Crippen molar-refractivity contribution in [3.8, 4) is 0 Å². The third kappa shape index (κ3) is 3.25. The summed E-state index contributed by atoms with van der Waals surface area (Å²) >= 11 is 3.31. The maximum atomic E-state index is 12.5. The van der Waals surface area contributed by atoms with Crippen LogP contribution in [0.2, 0.25) is 0 Å². The fourth-order valence-electron chi connectivity index (χ4n) is 2.83. The molecule has 0 saturated heterocycles. The summed E-state index contributed by atoms with van der Waals surface area (Å²) in [6.45, 7) is 0. The van der Waals surface area contributed by atoms with Gasteiger partial charge in [-0.1, -0.05) is 46.3 Å². The molecule has 4 aromatic rings. The van der Waals surface area contributed by atoms with Crippen molar-refractivity contribution in [1.29, 1.82) is 0 Å². The van der Waals surface area contributed by atoms with Gasteiger partial charge in [0.15, 0.2) is 0 Å². The minimum absolute atomic E-state index is 0.231. The van der Waals surface area contributed by atoms with E-state index in [1.807, 2.05) is 30.3 Å². The second-order valence-electron chi connectivity index (χ2n) is 5.82. The number of anilines is 1. The fourth-order valence-corrected chi connectivity index (χ4v) is 4.15. The lowest BCUT2D eigenvalue weighted by molar-refractivity contribution is 0.601. The highest BCUT2D eigenvalue weighted by Gasteiger charge is 2.14. The van der Waals surface area contributed by atoms with Crippen LogP contribution in [0.4, 0.5) is 5.69 Å². The Hall–Kier alpha value is -2.37.